The molecule has 7 heteroatoms. The number of nitrogens with zero attached hydrogens (tertiary/aromatic N) is 1. The maximum atomic E-state index is 12.0. The van der Waals surface area contributed by atoms with Gasteiger partial charge in [-0.2, -0.15) is 13.2 Å². The molecule has 0 N–H and O–H groups in total. The van der Waals surface area contributed by atoms with E-state index in [0.29, 0.717) is 26.3 Å². The molecule has 1 fully saturated rings. The van der Waals surface area contributed by atoms with E-state index in [1.54, 1.807) is 4.90 Å². The van der Waals surface area contributed by atoms with Crippen LogP contribution in [0.1, 0.15) is 0 Å². The third kappa shape index (κ3) is 3.83. The first kappa shape index (κ1) is 12.5. The van der Waals surface area contributed by atoms with Crippen molar-refractivity contribution < 1.29 is 22.7 Å². The molecule has 1 heterocycles. The van der Waals surface area contributed by atoms with Gasteiger partial charge in [-0.15, -0.1) is 0 Å². The molecule has 86 valence electrons. The molecule has 0 bridgehead atoms. The topological polar surface area (TPSA) is 29.5 Å². The fraction of sp³-hybridized carbons (Fsp3) is 0.625. The first-order valence-electron chi connectivity index (χ1n) is 4.22. The van der Waals surface area contributed by atoms with E-state index < -0.39 is 16.4 Å². The van der Waals surface area contributed by atoms with Crippen molar-refractivity contribution in [1.29, 1.82) is 0 Å². The number of hydrogen-bond donors (Lipinski definition) is 0. The Morgan fingerprint density at radius 2 is 1.87 bits per heavy atom. The number of carbonyl (C=O) groups is 1. The summed E-state index contributed by atoms with van der Waals surface area (Å²) in [5.74, 6) is -1.87. The summed E-state index contributed by atoms with van der Waals surface area (Å²) in [6.07, 6.45) is -3.67. The van der Waals surface area contributed by atoms with Gasteiger partial charge in [0.05, 0.1) is 17.7 Å². The Bertz CT molecular complexity index is 272. The maximum Gasteiger partial charge on any atom is 0.455 e. The van der Waals surface area contributed by atoms with Crippen molar-refractivity contribution in [3.05, 3.63) is 10.7 Å². The molecule has 0 aliphatic carbocycles. The predicted molar refractivity (Wildman–Crippen MR) is 50.5 cm³/mol. The SMILES string of the molecule is O=C(/C(Br)=C\N1CCOCC1)C(F)(F)F. The summed E-state index contributed by atoms with van der Waals surface area (Å²) in [5, 5.41) is 0. The highest BCUT2D eigenvalue weighted by atomic mass is 79.9. The second-order valence-electron chi connectivity index (χ2n) is 2.95. The van der Waals surface area contributed by atoms with Crippen molar-refractivity contribution in [2.45, 2.75) is 6.18 Å². The molecule has 0 aromatic heterocycles. The van der Waals surface area contributed by atoms with E-state index in [4.69, 9.17) is 4.74 Å². The second kappa shape index (κ2) is 4.98. The van der Waals surface area contributed by atoms with Gasteiger partial charge < -0.3 is 9.64 Å². The molecule has 0 aromatic rings. The van der Waals surface area contributed by atoms with E-state index in [9.17, 15) is 18.0 Å². The Balaban J connectivity index is 2.62. The van der Waals surface area contributed by atoms with Crippen LogP contribution in [0.15, 0.2) is 10.7 Å². The minimum absolute atomic E-state index is 0.455. The molecule has 0 aromatic carbocycles. The lowest BCUT2D eigenvalue weighted by Gasteiger charge is -2.25. The number of Topliss-reactive ketones (excluding diaryl/α,β-unsaturated/α-hetero) is 1. The molecule has 0 unspecified atom stereocenters. The second-order valence-corrected chi connectivity index (χ2v) is 3.81. The summed E-state index contributed by atoms with van der Waals surface area (Å²) in [7, 11) is 0. The van der Waals surface area contributed by atoms with Crippen LogP contribution in [0.4, 0.5) is 13.2 Å². The van der Waals surface area contributed by atoms with Crippen LogP contribution in [-0.2, 0) is 9.53 Å². The first-order valence-corrected chi connectivity index (χ1v) is 5.01. The predicted octanol–water partition coefficient (Wildman–Crippen LogP) is 1.69. The number of ether oxygens (including phenoxy) is 1. The summed E-state index contributed by atoms with van der Waals surface area (Å²) in [6, 6.07) is 0. The monoisotopic (exact) mass is 287 g/mol. The Morgan fingerprint density at radius 1 is 1.33 bits per heavy atom. The van der Waals surface area contributed by atoms with Gasteiger partial charge in [0.2, 0.25) is 0 Å². The van der Waals surface area contributed by atoms with Gasteiger partial charge in [0, 0.05) is 19.3 Å². The number of morpholine rings is 1. The van der Waals surface area contributed by atoms with Crippen LogP contribution in [0.5, 0.6) is 0 Å². The van der Waals surface area contributed by atoms with Gasteiger partial charge >= 0.3 is 6.18 Å². The smallest absolute Gasteiger partial charge is 0.378 e. The highest BCUT2D eigenvalue weighted by molar-refractivity contribution is 9.12. The Kier molecular flexibility index (Phi) is 4.15. The Hall–Kier alpha value is -0.560. The molecule has 0 amide bonds. The number of allylic oxidation sites excluding steroid dienone is 1. The molecule has 15 heavy (non-hydrogen) atoms. The van der Waals surface area contributed by atoms with Gasteiger partial charge in [0.15, 0.2) is 0 Å². The number of alkyl halides is 3. The number of halogens is 4. The molecule has 3 nitrogen and oxygen atoms in total. The van der Waals surface area contributed by atoms with E-state index in [2.05, 4.69) is 15.9 Å². The lowest BCUT2D eigenvalue weighted by Crippen LogP contribution is -2.33. The highest BCUT2D eigenvalue weighted by Crippen LogP contribution is 2.24. The van der Waals surface area contributed by atoms with Gasteiger partial charge in [-0.1, -0.05) is 0 Å². The van der Waals surface area contributed by atoms with Gasteiger partial charge in [0.25, 0.3) is 5.78 Å². The van der Waals surface area contributed by atoms with E-state index in [-0.39, 0.29) is 0 Å². The van der Waals surface area contributed by atoms with Crippen molar-refractivity contribution in [3.8, 4) is 0 Å². The van der Waals surface area contributed by atoms with Gasteiger partial charge in [-0.3, -0.25) is 4.79 Å². The molecule has 0 atom stereocenters. The lowest BCUT2D eigenvalue weighted by molar-refractivity contribution is -0.165. The molecule has 1 saturated heterocycles. The minimum Gasteiger partial charge on any atom is -0.378 e. The van der Waals surface area contributed by atoms with Crippen LogP contribution in [0.3, 0.4) is 0 Å². The number of ketones is 1. The zero-order valence-corrected chi connectivity index (χ0v) is 9.27. The van der Waals surface area contributed by atoms with Gasteiger partial charge in [-0.05, 0) is 15.9 Å². The zero-order valence-electron chi connectivity index (χ0n) is 7.68. The van der Waals surface area contributed by atoms with Crippen LogP contribution in [0.2, 0.25) is 0 Å². The van der Waals surface area contributed by atoms with Crippen LogP contribution in [-0.4, -0.2) is 43.2 Å². The summed E-state index contributed by atoms with van der Waals surface area (Å²) in [6.45, 7) is 1.88. The van der Waals surface area contributed by atoms with Gasteiger partial charge in [0.1, 0.15) is 0 Å². The summed E-state index contributed by atoms with van der Waals surface area (Å²) in [5.41, 5.74) is 0. The average Bonchev–Trinajstić information content (AvgIpc) is 2.16. The lowest BCUT2D eigenvalue weighted by atomic mass is 10.3. The van der Waals surface area contributed by atoms with Crippen molar-refractivity contribution in [1.82, 2.24) is 4.90 Å². The minimum atomic E-state index is -4.83. The molecular formula is C8H9BrF3NO2. The largest absolute Gasteiger partial charge is 0.455 e. The van der Waals surface area contributed by atoms with Crippen LogP contribution in [0, 0.1) is 0 Å². The van der Waals surface area contributed by atoms with Crippen molar-refractivity contribution in [3.63, 3.8) is 0 Å². The molecule has 0 spiro atoms. The molecule has 0 saturated carbocycles. The van der Waals surface area contributed by atoms with Crippen LogP contribution >= 0.6 is 15.9 Å². The normalized spacial score (nSPS) is 19.2. The van der Waals surface area contributed by atoms with Crippen LogP contribution < -0.4 is 0 Å². The van der Waals surface area contributed by atoms with E-state index in [1.165, 1.54) is 6.20 Å². The number of hydrogen-bond acceptors (Lipinski definition) is 3. The third-order valence-corrected chi connectivity index (χ3v) is 2.38. The van der Waals surface area contributed by atoms with Crippen molar-refractivity contribution >= 4 is 21.7 Å². The fourth-order valence-corrected chi connectivity index (χ4v) is 1.58. The van der Waals surface area contributed by atoms with Crippen LogP contribution in [0.25, 0.3) is 0 Å². The molecule has 1 aliphatic heterocycles. The fourth-order valence-electron chi connectivity index (χ4n) is 1.06. The highest BCUT2D eigenvalue weighted by Gasteiger charge is 2.40. The standard InChI is InChI=1S/C8H9BrF3NO2/c9-6(7(14)8(10,11)12)5-13-1-3-15-4-2-13/h5H,1-4H2/b6-5+. The maximum absolute atomic E-state index is 12.0. The summed E-state index contributed by atoms with van der Waals surface area (Å²) >= 11 is 2.62. The van der Waals surface area contributed by atoms with E-state index >= 15 is 0 Å². The zero-order chi connectivity index (χ0) is 11.5. The summed E-state index contributed by atoms with van der Waals surface area (Å²) < 4.78 is 40.5. The Morgan fingerprint density at radius 3 is 2.33 bits per heavy atom. The number of rotatable bonds is 2. The average molecular weight is 288 g/mol. The van der Waals surface area contributed by atoms with Crippen molar-refractivity contribution in [2.24, 2.45) is 0 Å². The molecular weight excluding hydrogens is 279 g/mol. The van der Waals surface area contributed by atoms with Gasteiger partial charge in [-0.25, -0.2) is 0 Å². The molecule has 1 rings (SSSR count). The van der Waals surface area contributed by atoms with E-state index in [1.807, 2.05) is 0 Å². The molecule has 1 aliphatic rings. The Labute approximate surface area is 93.0 Å². The van der Waals surface area contributed by atoms with E-state index in [0.717, 1.165) is 0 Å². The third-order valence-electron chi connectivity index (χ3n) is 1.82. The quantitative estimate of drug-likeness (QED) is 0.724. The molecule has 0 radical (unpaired) electrons. The number of carbonyl (C=O) groups excluding carboxylic acids is 1. The first-order chi connectivity index (χ1) is 6.91. The summed E-state index contributed by atoms with van der Waals surface area (Å²) in [4.78, 5) is 12.3. The van der Waals surface area contributed by atoms with Crippen molar-refractivity contribution in [2.75, 3.05) is 26.3 Å².